The second kappa shape index (κ2) is 7.85. The Balaban J connectivity index is 1.44. The topological polar surface area (TPSA) is 49.4 Å². The van der Waals surface area contributed by atoms with Crippen molar-refractivity contribution in [1.82, 2.24) is 10.2 Å². The number of nitrogens with one attached hydrogen (secondary N) is 1. The van der Waals surface area contributed by atoms with Crippen LogP contribution in [0.2, 0.25) is 10.0 Å². The average molecular weight is 369 g/mol. The van der Waals surface area contributed by atoms with Crippen LogP contribution in [0.25, 0.3) is 0 Å². The van der Waals surface area contributed by atoms with Crippen molar-refractivity contribution in [2.75, 3.05) is 19.6 Å². The minimum absolute atomic E-state index is 0.0267. The van der Waals surface area contributed by atoms with Crippen LogP contribution >= 0.6 is 23.2 Å². The van der Waals surface area contributed by atoms with Crippen molar-refractivity contribution in [3.05, 3.63) is 33.8 Å². The first kappa shape index (κ1) is 17.7. The van der Waals surface area contributed by atoms with Crippen LogP contribution in [0.15, 0.2) is 18.2 Å². The SMILES string of the molecule is O=C(CCN1CCC(C(=O)c2ccc(Cl)c(Cl)c2)CC1)NC1CC1. The lowest BCUT2D eigenvalue weighted by atomic mass is 9.89. The van der Waals surface area contributed by atoms with Crippen LogP contribution in [0, 0.1) is 5.92 Å². The molecule has 0 aromatic heterocycles. The maximum Gasteiger partial charge on any atom is 0.221 e. The van der Waals surface area contributed by atoms with E-state index < -0.39 is 0 Å². The minimum atomic E-state index is 0.0267. The smallest absolute Gasteiger partial charge is 0.221 e. The third kappa shape index (κ3) is 4.71. The Morgan fingerprint density at radius 2 is 1.79 bits per heavy atom. The van der Waals surface area contributed by atoms with E-state index in [0.29, 0.717) is 28.1 Å². The Bertz CT molecular complexity index is 623. The van der Waals surface area contributed by atoms with Gasteiger partial charge >= 0.3 is 0 Å². The summed E-state index contributed by atoms with van der Waals surface area (Å²) in [4.78, 5) is 26.6. The molecule has 1 aliphatic carbocycles. The number of halogens is 2. The van der Waals surface area contributed by atoms with E-state index in [1.807, 2.05) is 0 Å². The number of ketones is 1. The van der Waals surface area contributed by atoms with E-state index in [4.69, 9.17) is 23.2 Å². The summed E-state index contributed by atoms with van der Waals surface area (Å²) in [5.74, 6) is 0.310. The summed E-state index contributed by atoms with van der Waals surface area (Å²) in [5, 5.41) is 3.89. The van der Waals surface area contributed by atoms with Crippen molar-refractivity contribution in [2.45, 2.75) is 38.1 Å². The summed E-state index contributed by atoms with van der Waals surface area (Å²) >= 11 is 11.9. The Morgan fingerprint density at radius 1 is 1.08 bits per heavy atom. The summed E-state index contributed by atoms with van der Waals surface area (Å²) in [6.07, 6.45) is 4.43. The molecule has 1 aliphatic heterocycles. The number of benzene rings is 1. The predicted molar refractivity (Wildman–Crippen MR) is 95.7 cm³/mol. The molecule has 1 N–H and O–H groups in total. The van der Waals surface area contributed by atoms with Gasteiger partial charge in [-0.25, -0.2) is 0 Å². The van der Waals surface area contributed by atoms with Gasteiger partial charge in [0.25, 0.3) is 0 Å². The zero-order valence-corrected chi connectivity index (χ0v) is 15.1. The van der Waals surface area contributed by atoms with E-state index in [-0.39, 0.29) is 17.6 Å². The molecule has 1 aromatic carbocycles. The van der Waals surface area contributed by atoms with Crippen molar-refractivity contribution in [3.8, 4) is 0 Å². The van der Waals surface area contributed by atoms with Crippen molar-refractivity contribution in [2.24, 2.45) is 5.92 Å². The average Bonchev–Trinajstić information content (AvgIpc) is 3.39. The number of Topliss-reactive ketones (excluding diaryl/α,β-unsaturated/α-hetero) is 1. The Morgan fingerprint density at radius 3 is 2.42 bits per heavy atom. The van der Waals surface area contributed by atoms with Crippen LogP contribution in [0.3, 0.4) is 0 Å². The monoisotopic (exact) mass is 368 g/mol. The van der Waals surface area contributed by atoms with Crippen molar-refractivity contribution >= 4 is 34.9 Å². The lowest BCUT2D eigenvalue weighted by molar-refractivity contribution is -0.121. The van der Waals surface area contributed by atoms with Crippen molar-refractivity contribution in [3.63, 3.8) is 0 Å². The van der Waals surface area contributed by atoms with Gasteiger partial charge in [0.15, 0.2) is 5.78 Å². The molecular formula is C18H22Cl2N2O2. The Kier molecular flexibility index (Phi) is 5.80. The van der Waals surface area contributed by atoms with Crippen LogP contribution < -0.4 is 5.32 Å². The number of nitrogens with zero attached hydrogens (tertiary/aromatic N) is 1. The molecular weight excluding hydrogens is 347 g/mol. The molecule has 2 aliphatic rings. The number of rotatable bonds is 6. The van der Waals surface area contributed by atoms with Gasteiger partial charge in [-0.05, 0) is 57.0 Å². The highest BCUT2D eigenvalue weighted by atomic mass is 35.5. The first-order valence-electron chi connectivity index (χ1n) is 8.54. The van der Waals surface area contributed by atoms with Crippen molar-refractivity contribution in [1.29, 1.82) is 0 Å². The molecule has 6 heteroatoms. The zero-order valence-electron chi connectivity index (χ0n) is 13.6. The van der Waals surface area contributed by atoms with Gasteiger partial charge in [-0.3, -0.25) is 9.59 Å². The number of hydrogen-bond acceptors (Lipinski definition) is 3. The summed E-state index contributed by atoms with van der Waals surface area (Å²) in [6, 6.07) is 5.49. The fourth-order valence-corrected chi connectivity index (χ4v) is 3.39. The zero-order chi connectivity index (χ0) is 17.1. The number of hydrogen-bond donors (Lipinski definition) is 1. The van der Waals surface area contributed by atoms with E-state index in [1.165, 1.54) is 0 Å². The highest BCUT2D eigenvalue weighted by Gasteiger charge is 2.27. The fourth-order valence-electron chi connectivity index (χ4n) is 3.09. The van der Waals surface area contributed by atoms with E-state index >= 15 is 0 Å². The van der Waals surface area contributed by atoms with Crippen LogP contribution in [-0.4, -0.2) is 42.3 Å². The highest BCUT2D eigenvalue weighted by Crippen LogP contribution is 2.27. The number of amides is 1. The molecule has 0 spiro atoms. The third-order valence-electron chi connectivity index (χ3n) is 4.76. The van der Waals surface area contributed by atoms with Gasteiger partial charge in [0.05, 0.1) is 10.0 Å². The molecule has 1 saturated carbocycles. The van der Waals surface area contributed by atoms with E-state index in [9.17, 15) is 9.59 Å². The van der Waals surface area contributed by atoms with Gasteiger partial charge < -0.3 is 10.2 Å². The van der Waals surface area contributed by atoms with Gasteiger partial charge in [-0.15, -0.1) is 0 Å². The maximum absolute atomic E-state index is 12.6. The molecule has 3 rings (SSSR count). The van der Waals surface area contributed by atoms with Crippen LogP contribution in [0.5, 0.6) is 0 Å². The van der Waals surface area contributed by atoms with Gasteiger partial charge in [0, 0.05) is 30.5 Å². The lowest BCUT2D eigenvalue weighted by Gasteiger charge is -2.31. The Labute approximate surface area is 152 Å². The van der Waals surface area contributed by atoms with Gasteiger partial charge in [0.1, 0.15) is 0 Å². The van der Waals surface area contributed by atoms with E-state index in [2.05, 4.69) is 10.2 Å². The summed E-state index contributed by atoms with van der Waals surface area (Å²) in [7, 11) is 0. The highest BCUT2D eigenvalue weighted by molar-refractivity contribution is 6.42. The Hall–Kier alpha value is -1.10. The lowest BCUT2D eigenvalue weighted by Crippen LogP contribution is -2.38. The first-order chi connectivity index (χ1) is 11.5. The van der Waals surface area contributed by atoms with E-state index in [0.717, 1.165) is 45.3 Å². The standard InChI is InChI=1S/C18H22Cl2N2O2/c19-15-4-1-13(11-16(15)20)18(24)12-5-8-22(9-6-12)10-7-17(23)21-14-2-3-14/h1,4,11-12,14H,2-3,5-10H2,(H,21,23). The third-order valence-corrected chi connectivity index (χ3v) is 5.50. The summed E-state index contributed by atoms with van der Waals surface area (Å²) < 4.78 is 0. The van der Waals surface area contributed by atoms with Crippen LogP contribution in [0.4, 0.5) is 0 Å². The number of likely N-dealkylation sites (tertiary alicyclic amines) is 1. The molecule has 0 unspecified atom stereocenters. The van der Waals surface area contributed by atoms with Crippen LogP contribution in [0.1, 0.15) is 42.5 Å². The van der Waals surface area contributed by atoms with Gasteiger partial charge in [-0.2, -0.15) is 0 Å². The second-order valence-electron chi connectivity index (χ2n) is 6.70. The van der Waals surface area contributed by atoms with Gasteiger partial charge in [0.2, 0.25) is 5.91 Å². The quantitative estimate of drug-likeness (QED) is 0.781. The number of carbonyl (C=O) groups is 2. The molecule has 0 atom stereocenters. The molecule has 1 amide bonds. The molecule has 1 aromatic rings. The van der Waals surface area contributed by atoms with Gasteiger partial charge in [-0.1, -0.05) is 23.2 Å². The molecule has 1 saturated heterocycles. The molecule has 1 heterocycles. The van der Waals surface area contributed by atoms with Crippen LogP contribution in [-0.2, 0) is 4.79 Å². The molecule has 0 bridgehead atoms. The fraction of sp³-hybridized carbons (Fsp3) is 0.556. The maximum atomic E-state index is 12.6. The molecule has 0 radical (unpaired) electrons. The number of carbonyl (C=O) groups excluding carboxylic acids is 2. The van der Waals surface area contributed by atoms with E-state index in [1.54, 1.807) is 18.2 Å². The summed E-state index contributed by atoms with van der Waals surface area (Å²) in [5.41, 5.74) is 0.631. The molecule has 130 valence electrons. The molecule has 4 nitrogen and oxygen atoms in total. The minimum Gasteiger partial charge on any atom is -0.353 e. The van der Waals surface area contributed by atoms with Crippen molar-refractivity contribution < 1.29 is 9.59 Å². The summed E-state index contributed by atoms with van der Waals surface area (Å²) in [6.45, 7) is 2.48. The number of piperidine rings is 1. The largest absolute Gasteiger partial charge is 0.353 e. The first-order valence-corrected chi connectivity index (χ1v) is 9.29. The second-order valence-corrected chi connectivity index (χ2v) is 7.52. The molecule has 2 fully saturated rings. The molecule has 24 heavy (non-hydrogen) atoms. The predicted octanol–water partition coefficient (Wildman–Crippen LogP) is 3.56. The normalized spacial score (nSPS) is 19.2.